The molecule has 0 fully saturated rings. The van der Waals surface area contributed by atoms with Gasteiger partial charge in [0.05, 0.1) is 11.4 Å². The van der Waals surface area contributed by atoms with Crippen LogP contribution in [0.25, 0.3) is 11.3 Å². The van der Waals surface area contributed by atoms with Crippen LogP contribution in [0.2, 0.25) is 0 Å². The largest absolute Gasteiger partial charge is 0.301 e. The second-order valence-corrected chi connectivity index (χ2v) is 7.05. The first-order valence-corrected chi connectivity index (χ1v) is 9.21. The maximum atomic E-state index is 11.9. The molecule has 24 heavy (non-hydrogen) atoms. The number of hydrogen-bond acceptors (Lipinski definition) is 6. The number of aryl methyl sites for hydroxylation is 2. The molecule has 0 spiro atoms. The molecule has 122 valence electrons. The van der Waals surface area contributed by atoms with Gasteiger partial charge >= 0.3 is 0 Å². The monoisotopic (exact) mass is 356 g/mol. The molecule has 0 saturated heterocycles. The van der Waals surface area contributed by atoms with Crippen molar-refractivity contribution in [2.75, 3.05) is 11.1 Å². The van der Waals surface area contributed by atoms with Crippen LogP contribution in [0.4, 0.5) is 5.13 Å². The van der Waals surface area contributed by atoms with Crippen LogP contribution in [-0.2, 0) is 4.79 Å². The van der Waals surface area contributed by atoms with Crippen molar-refractivity contribution in [3.8, 4) is 11.3 Å². The van der Waals surface area contributed by atoms with Gasteiger partial charge in [-0.05, 0) is 19.9 Å². The molecule has 0 aliphatic carbocycles. The molecular weight excluding hydrogens is 340 g/mol. The Bertz CT molecular complexity index is 832. The van der Waals surface area contributed by atoms with Crippen LogP contribution in [0, 0.1) is 13.8 Å². The number of thiazole rings is 1. The fraction of sp³-hybridized carbons (Fsp3) is 0.176. The van der Waals surface area contributed by atoms with Gasteiger partial charge in [-0.25, -0.2) is 15.0 Å². The number of thioether (sulfide) groups is 1. The first-order valence-electron chi connectivity index (χ1n) is 7.35. The van der Waals surface area contributed by atoms with Crippen LogP contribution in [0.15, 0.2) is 47.1 Å². The van der Waals surface area contributed by atoms with E-state index in [1.165, 1.54) is 28.7 Å². The molecule has 7 heteroatoms. The smallest absolute Gasteiger partial charge is 0.236 e. The number of nitrogens with zero attached hydrogens (tertiary/aromatic N) is 3. The highest BCUT2D eigenvalue weighted by Gasteiger charge is 2.09. The first kappa shape index (κ1) is 16.6. The molecule has 0 atom stereocenters. The lowest BCUT2D eigenvalue weighted by Gasteiger charge is -2.06. The third-order valence-corrected chi connectivity index (χ3v) is 4.73. The zero-order chi connectivity index (χ0) is 16.9. The van der Waals surface area contributed by atoms with Crippen molar-refractivity contribution in [2.24, 2.45) is 0 Å². The van der Waals surface area contributed by atoms with Crippen LogP contribution < -0.4 is 5.32 Å². The number of carbonyl (C=O) groups is 1. The minimum atomic E-state index is -0.114. The third-order valence-electron chi connectivity index (χ3n) is 3.19. The highest BCUT2D eigenvalue weighted by atomic mass is 32.2. The second-order valence-electron chi connectivity index (χ2n) is 5.22. The third kappa shape index (κ3) is 4.39. The molecular formula is C17H16N4OS2. The Morgan fingerprint density at radius 3 is 2.71 bits per heavy atom. The predicted octanol–water partition coefficient (Wildman–Crippen LogP) is 3.95. The lowest BCUT2D eigenvalue weighted by Crippen LogP contribution is -2.14. The molecule has 0 aliphatic heterocycles. The van der Waals surface area contributed by atoms with Gasteiger partial charge in [0, 0.05) is 22.8 Å². The summed E-state index contributed by atoms with van der Waals surface area (Å²) in [6.07, 6.45) is 1.66. The van der Waals surface area contributed by atoms with Crippen LogP contribution >= 0.6 is 23.1 Å². The summed E-state index contributed by atoms with van der Waals surface area (Å²) in [6.45, 7) is 3.98. The summed E-state index contributed by atoms with van der Waals surface area (Å²) in [5, 5.41) is 5.77. The summed E-state index contributed by atoms with van der Waals surface area (Å²) >= 11 is 2.71. The summed E-state index contributed by atoms with van der Waals surface area (Å²) in [4.78, 5) is 24.9. The Morgan fingerprint density at radius 2 is 2.00 bits per heavy atom. The molecule has 1 N–H and O–H groups in total. The molecule has 5 nitrogen and oxygen atoms in total. The number of benzene rings is 1. The topological polar surface area (TPSA) is 67.8 Å². The van der Waals surface area contributed by atoms with E-state index in [4.69, 9.17) is 0 Å². The van der Waals surface area contributed by atoms with Crippen molar-refractivity contribution in [2.45, 2.75) is 19.0 Å². The van der Waals surface area contributed by atoms with Gasteiger partial charge in [0.2, 0.25) is 5.91 Å². The van der Waals surface area contributed by atoms with E-state index in [1.807, 2.05) is 30.5 Å². The van der Waals surface area contributed by atoms with E-state index in [2.05, 4.69) is 39.3 Å². The zero-order valence-electron chi connectivity index (χ0n) is 13.3. The van der Waals surface area contributed by atoms with Gasteiger partial charge in [0.1, 0.15) is 0 Å². The normalized spacial score (nSPS) is 10.6. The number of nitrogens with one attached hydrogen (secondary N) is 1. The van der Waals surface area contributed by atoms with Crippen molar-refractivity contribution in [3.05, 3.63) is 53.2 Å². The van der Waals surface area contributed by atoms with Crippen LogP contribution in [0.5, 0.6) is 0 Å². The van der Waals surface area contributed by atoms with Crippen molar-refractivity contribution in [1.29, 1.82) is 0 Å². The van der Waals surface area contributed by atoms with E-state index in [9.17, 15) is 4.79 Å². The van der Waals surface area contributed by atoms with Crippen molar-refractivity contribution >= 4 is 34.1 Å². The molecule has 3 rings (SSSR count). The summed E-state index contributed by atoms with van der Waals surface area (Å²) in [6, 6.07) is 10.1. The molecule has 2 aromatic heterocycles. The van der Waals surface area contributed by atoms with Gasteiger partial charge in [-0.15, -0.1) is 11.3 Å². The van der Waals surface area contributed by atoms with Crippen molar-refractivity contribution < 1.29 is 4.79 Å². The van der Waals surface area contributed by atoms with E-state index in [1.54, 1.807) is 6.20 Å². The van der Waals surface area contributed by atoms with Gasteiger partial charge in [-0.3, -0.25) is 4.79 Å². The maximum absolute atomic E-state index is 11.9. The summed E-state index contributed by atoms with van der Waals surface area (Å²) in [5.41, 5.74) is 3.99. The fourth-order valence-electron chi connectivity index (χ4n) is 2.05. The van der Waals surface area contributed by atoms with Gasteiger partial charge in [0.15, 0.2) is 10.3 Å². The Kier molecular flexibility index (Phi) is 5.22. The quantitative estimate of drug-likeness (QED) is 0.554. The van der Waals surface area contributed by atoms with E-state index in [-0.39, 0.29) is 11.7 Å². The van der Waals surface area contributed by atoms with Crippen LogP contribution in [0.1, 0.15) is 11.3 Å². The lowest BCUT2D eigenvalue weighted by atomic mass is 10.1. The second kappa shape index (κ2) is 7.55. The number of amides is 1. The van der Waals surface area contributed by atoms with Crippen LogP contribution in [-0.4, -0.2) is 26.6 Å². The number of rotatable bonds is 5. The number of anilines is 1. The molecule has 1 amide bonds. The van der Waals surface area contributed by atoms with E-state index in [0.717, 1.165) is 17.0 Å². The minimum absolute atomic E-state index is 0.114. The highest BCUT2D eigenvalue weighted by Crippen LogP contribution is 2.22. The summed E-state index contributed by atoms with van der Waals surface area (Å²) in [5.74, 6) is 0.132. The Labute approximate surface area is 148 Å². The molecule has 0 saturated carbocycles. The molecule has 0 radical (unpaired) electrons. The van der Waals surface area contributed by atoms with Crippen molar-refractivity contribution in [3.63, 3.8) is 0 Å². The molecule has 0 bridgehead atoms. The fourth-order valence-corrected chi connectivity index (χ4v) is 3.30. The molecule has 1 aromatic carbocycles. The average molecular weight is 356 g/mol. The number of carbonyl (C=O) groups excluding carboxylic acids is 1. The molecule has 2 heterocycles. The average Bonchev–Trinajstić information content (AvgIpc) is 3.06. The van der Waals surface area contributed by atoms with E-state index >= 15 is 0 Å². The zero-order valence-corrected chi connectivity index (χ0v) is 14.9. The first-order chi connectivity index (χ1) is 11.6. The standard InChI is InChI=1S/C17H16N4OS2/c1-11-3-5-13(6-4-11)14-9-12(2)19-17(20-14)24-10-15(22)21-16-18-7-8-23-16/h3-9H,10H2,1-2H3,(H,18,21,22). The van der Waals surface area contributed by atoms with E-state index in [0.29, 0.717) is 10.3 Å². The Balaban J connectivity index is 1.69. The maximum Gasteiger partial charge on any atom is 0.236 e. The summed E-state index contributed by atoms with van der Waals surface area (Å²) < 4.78 is 0. The van der Waals surface area contributed by atoms with E-state index < -0.39 is 0 Å². The molecule has 3 aromatic rings. The van der Waals surface area contributed by atoms with Crippen LogP contribution in [0.3, 0.4) is 0 Å². The van der Waals surface area contributed by atoms with Gasteiger partial charge < -0.3 is 5.32 Å². The number of aromatic nitrogens is 3. The lowest BCUT2D eigenvalue weighted by molar-refractivity contribution is -0.113. The van der Waals surface area contributed by atoms with Gasteiger partial charge in [-0.2, -0.15) is 0 Å². The van der Waals surface area contributed by atoms with Gasteiger partial charge in [0.25, 0.3) is 0 Å². The Hall–Kier alpha value is -2.25. The minimum Gasteiger partial charge on any atom is -0.301 e. The summed E-state index contributed by atoms with van der Waals surface area (Å²) in [7, 11) is 0. The molecule has 0 unspecified atom stereocenters. The predicted molar refractivity (Wildman–Crippen MR) is 98.4 cm³/mol. The van der Waals surface area contributed by atoms with Crippen molar-refractivity contribution in [1.82, 2.24) is 15.0 Å². The number of hydrogen-bond donors (Lipinski definition) is 1. The highest BCUT2D eigenvalue weighted by molar-refractivity contribution is 7.99. The Morgan fingerprint density at radius 1 is 1.21 bits per heavy atom. The molecule has 0 aliphatic rings. The van der Waals surface area contributed by atoms with Gasteiger partial charge in [-0.1, -0.05) is 41.6 Å². The SMILES string of the molecule is Cc1ccc(-c2cc(C)nc(SCC(=O)Nc3nccs3)n2)cc1.